The topological polar surface area (TPSA) is 172 Å². The predicted molar refractivity (Wildman–Crippen MR) is 282 cm³/mol. The number of carboxylic acid groups (broad SMARTS) is 1. The fraction of sp³-hybridized carbons (Fsp3) is 0.770. The van der Waals surface area contributed by atoms with E-state index in [0.29, 0.717) is 50.7 Å². The number of carbonyl (C=O) groups is 4. The van der Waals surface area contributed by atoms with E-state index < -0.39 is 34.8 Å². The molecule has 12 nitrogen and oxygen atoms in total. The number of aliphatic carboxylic acids is 1. The van der Waals surface area contributed by atoms with Gasteiger partial charge >= 0.3 is 18.0 Å². The number of allylic oxidation sites excluding steroid dienone is 4. The van der Waals surface area contributed by atoms with E-state index in [-0.39, 0.29) is 89.1 Å². The van der Waals surface area contributed by atoms with E-state index in [2.05, 4.69) is 76.1 Å². The maximum absolute atomic E-state index is 13.8. The minimum absolute atomic E-state index is 0.0520. The highest BCUT2D eigenvalue weighted by molar-refractivity contribution is 5.93. The molecule has 2 unspecified atom stereocenters. The molecule has 0 saturated heterocycles. The van der Waals surface area contributed by atoms with Crippen molar-refractivity contribution in [2.45, 2.75) is 206 Å². The van der Waals surface area contributed by atoms with Crippen LogP contribution in [-0.2, 0) is 28.6 Å². The summed E-state index contributed by atoms with van der Waals surface area (Å²) in [6.07, 6.45) is 14.3. The number of aliphatic hydroxyl groups is 2. The number of fused-ring (bicyclic) bond motifs is 9. The average molecular weight is 1010 g/mol. The first kappa shape index (κ1) is 54.1. The number of benzene rings is 1. The summed E-state index contributed by atoms with van der Waals surface area (Å²) >= 11 is 0. The Morgan fingerprint density at radius 3 is 2.38 bits per heavy atom. The van der Waals surface area contributed by atoms with E-state index in [1.54, 1.807) is 5.57 Å². The van der Waals surface area contributed by atoms with Gasteiger partial charge in [0.15, 0.2) is 5.78 Å². The third-order valence-electron chi connectivity index (χ3n) is 21.6. The maximum Gasteiger partial charge on any atom is 0.407 e. The zero-order valence-electron chi connectivity index (χ0n) is 45.8. The number of carbonyl (C=O) groups excluding carboxylic acids is 3. The molecule has 0 aromatic heterocycles. The molecule has 6 fully saturated rings. The molecule has 9 rings (SSSR count). The molecule has 1 aromatic rings. The van der Waals surface area contributed by atoms with Crippen LogP contribution in [-0.4, -0.2) is 95.4 Å². The highest BCUT2D eigenvalue weighted by atomic mass is 16.6. The summed E-state index contributed by atoms with van der Waals surface area (Å²) in [6.45, 7) is 18.3. The molecule has 6 saturated carbocycles. The van der Waals surface area contributed by atoms with Gasteiger partial charge in [0, 0.05) is 62.3 Å². The number of rotatable bonds is 15. The van der Waals surface area contributed by atoms with Crippen LogP contribution in [0.4, 0.5) is 10.5 Å². The molecular formula is C61H90N2O10. The highest BCUT2D eigenvalue weighted by Gasteiger charge is 2.67. The van der Waals surface area contributed by atoms with E-state index in [0.717, 1.165) is 89.3 Å². The number of hydrogen-bond donors (Lipinski definition) is 4. The van der Waals surface area contributed by atoms with Crippen molar-refractivity contribution in [1.82, 2.24) is 5.32 Å². The fourth-order valence-electron chi connectivity index (χ4n) is 17.5. The lowest BCUT2D eigenvalue weighted by Crippen LogP contribution is -2.63. The van der Waals surface area contributed by atoms with E-state index in [1.165, 1.54) is 16.7 Å². The lowest BCUT2D eigenvalue weighted by atomic mass is 9.43. The third-order valence-corrected chi connectivity index (χ3v) is 21.6. The molecule has 1 aromatic carbocycles. The van der Waals surface area contributed by atoms with E-state index in [1.807, 2.05) is 26.8 Å². The number of anilines is 1. The van der Waals surface area contributed by atoms with Crippen LogP contribution in [0.15, 0.2) is 47.1 Å². The first-order valence-electron chi connectivity index (χ1n) is 28.6. The number of likely N-dealkylation sites (N-methyl/N-ethyl adjacent to an activating group) is 1. The summed E-state index contributed by atoms with van der Waals surface area (Å²) in [6, 6.07) is 9.11. The molecule has 0 heterocycles. The van der Waals surface area contributed by atoms with Crippen molar-refractivity contribution < 1.29 is 48.7 Å². The summed E-state index contributed by atoms with van der Waals surface area (Å²) < 4.78 is 18.8. The van der Waals surface area contributed by atoms with Gasteiger partial charge in [-0.1, -0.05) is 45.4 Å². The number of amides is 1. The van der Waals surface area contributed by atoms with Gasteiger partial charge in [-0.05, 0) is 211 Å². The number of ketones is 1. The van der Waals surface area contributed by atoms with E-state index in [4.69, 9.17) is 14.2 Å². The number of alkyl carbamates (subject to hydrolysis) is 1. The van der Waals surface area contributed by atoms with Crippen LogP contribution >= 0.6 is 0 Å². The molecule has 0 aliphatic heterocycles. The molecule has 8 aliphatic rings. The molecule has 8 aliphatic carbocycles. The van der Waals surface area contributed by atoms with Gasteiger partial charge in [-0.25, -0.2) is 4.79 Å². The standard InChI is InChI=1S/C61H90N2O10/c1-36(12-23-52(66)67)46-21-22-48-55-49(34-51(65)61(46,48)8)58(5)26-24-42(32-39(58)33-50(55)72-53(68)11-10-28-62-56(69)73-57(2,3)4)71-30-29-63(9)40-16-13-37(14-17-40)45-35-59(6)47(25-27-60(59,7)70)44-19-15-38-31-41(64)18-20-43(38)54(44)45/h13-14,16-17,31,36,39,42,44-51,55,65,70H,10-12,15,18-30,32-35H2,1-9H3,(H,62,69)(H,66,67)/t36-,39+,42+,44?,45-,46-,47?,48+,49+,50-,51+,55+,58+,59+,60+,61-/m1/s1. The Labute approximate surface area is 436 Å². The van der Waals surface area contributed by atoms with E-state index in [9.17, 15) is 34.5 Å². The zero-order valence-corrected chi connectivity index (χ0v) is 45.8. The third kappa shape index (κ3) is 10.3. The first-order chi connectivity index (χ1) is 34.4. The van der Waals surface area contributed by atoms with Crippen molar-refractivity contribution in [3.8, 4) is 0 Å². The van der Waals surface area contributed by atoms with Crippen molar-refractivity contribution in [2.24, 2.45) is 63.6 Å². The van der Waals surface area contributed by atoms with Crippen LogP contribution in [0, 0.1) is 63.6 Å². The van der Waals surface area contributed by atoms with Crippen molar-refractivity contribution in [3.05, 3.63) is 52.6 Å². The molecular weight excluding hydrogens is 921 g/mol. The molecule has 4 N–H and O–H groups in total. The number of carboxylic acids is 1. The molecule has 16 atom stereocenters. The first-order valence-corrected chi connectivity index (χ1v) is 28.6. The number of nitrogens with one attached hydrogen (secondary N) is 1. The van der Waals surface area contributed by atoms with Gasteiger partial charge in [-0.3, -0.25) is 14.4 Å². The Hall–Kier alpha value is -3.74. The Balaban J connectivity index is 0.860. The van der Waals surface area contributed by atoms with Gasteiger partial charge in [0.2, 0.25) is 0 Å². The van der Waals surface area contributed by atoms with Gasteiger partial charge in [0.05, 0.1) is 24.4 Å². The summed E-state index contributed by atoms with van der Waals surface area (Å²) in [4.78, 5) is 52.6. The van der Waals surface area contributed by atoms with Gasteiger partial charge in [0.25, 0.3) is 0 Å². The molecule has 404 valence electrons. The minimum Gasteiger partial charge on any atom is -0.481 e. The van der Waals surface area contributed by atoms with Gasteiger partial charge in [-0.2, -0.15) is 0 Å². The van der Waals surface area contributed by atoms with Gasteiger partial charge in [0.1, 0.15) is 11.7 Å². The van der Waals surface area contributed by atoms with E-state index >= 15 is 0 Å². The summed E-state index contributed by atoms with van der Waals surface area (Å²) in [5.41, 5.74) is 4.74. The Morgan fingerprint density at radius 1 is 0.904 bits per heavy atom. The van der Waals surface area contributed by atoms with Crippen LogP contribution in [0.3, 0.4) is 0 Å². The highest BCUT2D eigenvalue weighted by Crippen LogP contribution is 2.70. The predicted octanol–water partition coefficient (Wildman–Crippen LogP) is 11.1. The summed E-state index contributed by atoms with van der Waals surface area (Å²) in [5.74, 6) is 1.32. The van der Waals surface area contributed by atoms with Crippen molar-refractivity contribution in [1.29, 1.82) is 0 Å². The second-order valence-electron chi connectivity index (χ2n) is 26.6. The van der Waals surface area contributed by atoms with Crippen LogP contribution < -0.4 is 10.2 Å². The number of nitrogens with zero attached hydrogens (tertiary/aromatic N) is 1. The Morgan fingerprint density at radius 2 is 1.66 bits per heavy atom. The number of esters is 1. The number of hydrogen-bond acceptors (Lipinski definition) is 10. The quantitative estimate of drug-likeness (QED) is 0.0973. The molecule has 0 spiro atoms. The van der Waals surface area contributed by atoms with Gasteiger partial charge in [-0.15, -0.1) is 0 Å². The second-order valence-corrected chi connectivity index (χ2v) is 26.6. The fourth-order valence-corrected chi connectivity index (χ4v) is 17.5. The normalized spacial score (nSPS) is 39.1. The Kier molecular flexibility index (Phi) is 15.3. The largest absolute Gasteiger partial charge is 0.481 e. The summed E-state index contributed by atoms with van der Waals surface area (Å²) in [5, 5.41) is 36.5. The number of ether oxygens (including phenoxy) is 3. The van der Waals surface area contributed by atoms with Crippen LogP contribution in [0.25, 0.3) is 0 Å². The molecule has 73 heavy (non-hydrogen) atoms. The molecule has 12 heteroatoms. The SMILES string of the molecule is C[C@H](CCC(=O)O)[C@H]1CC[C@H]2[C@@H]3[C@H](OC(=O)CCCNC(=O)OC(C)(C)C)C[C@@H]4C[C@@H](OCCN(C)c5ccc([C@H]6C[C@@]7(C)C(CC[C@]7(C)O)C7CCC8=CC(=O)CCC8=C76)cc5)CC[C@]4(C)[C@H]3C[C@H](O)[C@]12C. The maximum atomic E-state index is 13.8. The van der Waals surface area contributed by atoms with Crippen LogP contribution in [0.2, 0.25) is 0 Å². The van der Waals surface area contributed by atoms with Gasteiger partial charge < -0.3 is 39.7 Å². The van der Waals surface area contributed by atoms with Crippen LogP contribution in [0.5, 0.6) is 0 Å². The van der Waals surface area contributed by atoms with Crippen LogP contribution in [0.1, 0.15) is 182 Å². The minimum atomic E-state index is -0.788. The van der Waals surface area contributed by atoms with Crippen molar-refractivity contribution in [3.63, 3.8) is 0 Å². The number of aliphatic hydroxyl groups excluding tert-OH is 1. The lowest BCUT2D eigenvalue weighted by Gasteiger charge is -2.64. The zero-order chi connectivity index (χ0) is 52.4. The van der Waals surface area contributed by atoms with Crippen molar-refractivity contribution >= 4 is 29.5 Å². The molecule has 0 radical (unpaired) electrons. The molecule has 0 bridgehead atoms. The smallest absolute Gasteiger partial charge is 0.407 e. The average Bonchev–Trinajstić information content (AvgIpc) is 3.81. The van der Waals surface area contributed by atoms with Crippen molar-refractivity contribution in [2.75, 3.05) is 31.6 Å². The lowest BCUT2D eigenvalue weighted by molar-refractivity contribution is -0.219. The second kappa shape index (κ2) is 20.7. The monoisotopic (exact) mass is 1010 g/mol. The molecule has 1 amide bonds. The summed E-state index contributed by atoms with van der Waals surface area (Å²) in [7, 11) is 2.13. The Bertz CT molecular complexity index is 2300.